The normalized spacial score (nSPS) is 20.5. The van der Waals surface area contributed by atoms with Gasteiger partial charge >= 0.3 is 6.08 Å². The fourth-order valence-electron chi connectivity index (χ4n) is 16.4. The Labute approximate surface area is 748 Å². The van der Waals surface area contributed by atoms with E-state index in [1.807, 2.05) is 73.8 Å². The first-order valence-corrected chi connectivity index (χ1v) is 43.7. The van der Waals surface area contributed by atoms with E-state index in [2.05, 4.69) is 124 Å². The summed E-state index contributed by atoms with van der Waals surface area (Å²) in [5.41, 5.74) is 3.97. The number of aryl methyl sites for hydroxylation is 1. The van der Waals surface area contributed by atoms with Gasteiger partial charge < -0.3 is 107 Å². The molecular weight excluding hydrogens is 1690 g/mol. The number of hydrogen-bond donors (Lipinski definition) is 14. The highest BCUT2D eigenvalue weighted by molar-refractivity contribution is 6.03. The second-order valence-electron chi connectivity index (χ2n) is 33.5. The summed E-state index contributed by atoms with van der Waals surface area (Å²) in [4.78, 5) is 92.6. The molecule has 44 nitrogen and oxygen atoms in total. The number of ether oxygens (including phenoxy) is 5. The maximum atomic E-state index is 14.0. The van der Waals surface area contributed by atoms with E-state index in [4.69, 9.17) is 38.6 Å². The first-order chi connectivity index (χ1) is 63.8. The zero-order valence-corrected chi connectivity index (χ0v) is 72.6. The van der Waals surface area contributed by atoms with Crippen molar-refractivity contribution in [2.75, 3.05) is 160 Å². The average molecular weight is 1790 g/mol. The van der Waals surface area contributed by atoms with Gasteiger partial charge in [0.25, 0.3) is 23.6 Å². The van der Waals surface area contributed by atoms with Gasteiger partial charge in [-0.3, -0.25) is 19.2 Å². The van der Waals surface area contributed by atoms with Crippen LogP contribution in [0.5, 0.6) is 0 Å². The molecule has 22 rings (SSSR count). The lowest BCUT2D eigenvalue weighted by molar-refractivity contribution is -0.632. The van der Waals surface area contributed by atoms with Crippen molar-refractivity contribution in [2.24, 2.45) is 7.05 Å². The lowest BCUT2D eigenvalue weighted by atomic mass is 9.86. The summed E-state index contributed by atoms with van der Waals surface area (Å²) in [5.74, 6) is 8.60. The number of hydrogen-bond acceptors (Lipinski definition) is 34. The molecule has 13 aromatic rings. The highest BCUT2D eigenvalue weighted by Gasteiger charge is 2.50. The van der Waals surface area contributed by atoms with Crippen LogP contribution in [0.25, 0.3) is 28.4 Å². The number of pyridine rings is 4. The molecule has 14 N–H and O–H groups in total. The number of rotatable bonds is 24. The smallest absolute Gasteiger partial charge is 0.391 e. The van der Waals surface area contributed by atoms with Crippen LogP contribution in [-0.4, -0.2) is 277 Å². The Morgan fingerprint density at radius 3 is 1.34 bits per heavy atom. The topological polar surface area (TPSA) is 500 Å². The third kappa shape index (κ3) is 18.9. The van der Waals surface area contributed by atoms with Crippen molar-refractivity contribution in [3.8, 4) is 5.82 Å². The zero-order chi connectivity index (χ0) is 90.0. The molecule has 45 heteroatoms. The van der Waals surface area contributed by atoms with Crippen LogP contribution in [0.3, 0.4) is 0 Å². The third-order valence-electron chi connectivity index (χ3n) is 24.1. The Kier molecular flexibility index (Phi) is 24.4. The Hall–Kier alpha value is -14.3. The molecule has 13 aromatic heterocycles. The van der Waals surface area contributed by atoms with Crippen molar-refractivity contribution in [3.05, 3.63) is 162 Å². The summed E-state index contributed by atoms with van der Waals surface area (Å²) >= 11 is 0. The number of amides is 4. The Morgan fingerprint density at radius 2 is 0.916 bits per heavy atom. The van der Waals surface area contributed by atoms with Gasteiger partial charge in [-0.2, -0.15) is 43.0 Å². The van der Waals surface area contributed by atoms with Crippen LogP contribution in [0.1, 0.15) is 117 Å². The molecule has 0 aromatic carbocycles. The van der Waals surface area contributed by atoms with Crippen molar-refractivity contribution in [1.29, 1.82) is 0 Å². The highest BCUT2D eigenvalue weighted by Crippen LogP contribution is 2.40. The number of halogens is 1. The standard InChI is InChI=1S/C23H28N8O3.C22H26N8O3.C22H27N7O4.C19H19FN10O/c1-24-20-11-18(29-21-16(12-25-31(20)21)22(32)26-15-5-6-15)27-17-3-2-4-19(28-17)30-8-10-34-23(13-30)7-9-33-14-23;1-23-19-9-17(26-16-3-2-4-18(27-16)29-11-22(12-29)7-8-33-22)28-20-13(10-24-30(19)20)21(32)25-14-5-6-15(14)31;1-23-20-8-19(27-18-6-2-5-15(25-18)13-4-3-7-32-10-13)28-21-14(9-24-29(20)21)22(31)26-16-11-33-12-17(16)30;1-21-16-8-14(26-17-12(9-22-30(16)17)18(31)23-11-6-7-11)24-13-4-3-5-15(25-13)29-10-28(2)27-19(29)20/h2-4,11-12,15,24H,5-10,13-14H2,1H3,(H,26,32)(H,27,28,29);2-4,9-10,14-15,23,31H,5-8,11-12H2,1H3,(H,25,32)(H,26,27,28);2,5-6,8-9,13,16-17,23,30H,3-4,7,10-12H2,1H3,(H,26,31)(H,25,27,28);3-5,8-11H,6-7H2,1-2H3,(H2-,21,22,23,24,25,26,31)/p+1/t23-;14-,15+;13-,16+,17-;/m100./s1. The monoisotopic (exact) mass is 1790 g/mol. The van der Waals surface area contributed by atoms with Crippen molar-refractivity contribution < 1.29 is 62.0 Å². The second kappa shape index (κ2) is 37.1. The molecule has 0 radical (unpaired) electrons. The molecule has 6 saturated heterocycles. The lowest BCUT2D eigenvalue weighted by Gasteiger charge is -2.55. The van der Waals surface area contributed by atoms with Crippen molar-refractivity contribution >= 4 is 128 Å². The molecule has 4 amide bonds. The fraction of sp³-hybridized carbons (Fsp3) is 0.419. The van der Waals surface area contributed by atoms with Gasteiger partial charge in [-0.05, 0) is 93.8 Å². The van der Waals surface area contributed by atoms with Gasteiger partial charge in [0.2, 0.25) is 5.82 Å². The maximum Gasteiger partial charge on any atom is 0.426 e. The van der Waals surface area contributed by atoms with Gasteiger partial charge in [-0.15, -0.1) is 14.1 Å². The number of carbonyl (C=O) groups excluding carboxylic acids is 4. The molecule has 3 saturated carbocycles. The number of aromatic nitrogens is 19. The number of fused-ring (bicyclic) bond motifs is 4. The van der Waals surface area contributed by atoms with Crippen LogP contribution in [-0.2, 0) is 30.7 Å². The van der Waals surface area contributed by atoms with Gasteiger partial charge in [0.15, 0.2) is 34.7 Å². The van der Waals surface area contributed by atoms with E-state index in [9.17, 15) is 33.8 Å². The lowest BCUT2D eigenvalue weighted by Crippen LogP contribution is -2.68. The summed E-state index contributed by atoms with van der Waals surface area (Å²) in [6, 6.07) is 29.7. The highest BCUT2D eigenvalue weighted by atomic mass is 19.1. The van der Waals surface area contributed by atoms with Crippen LogP contribution < -0.4 is 78.2 Å². The molecule has 131 heavy (non-hydrogen) atoms. The molecule has 6 atom stereocenters. The first-order valence-electron chi connectivity index (χ1n) is 43.7. The maximum absolute atomic E-state index is 14.0. The number of nitrogens with one attached hydrogen (secondary N) is 12. The first kappa shape index (κ1) is 86.1. The van der Waals surface area contributed by atoms with Crippen molar-refractivity contribution in [1.82, 2.24) is 109 Å². The van der Waals surface area contributed by atoms with E-state index < -0.39 is 24.3 Å². The van der Waals surface area contributed by atoms with Gasteiger partial charge in [-0.1, -0.05) is 24.3 Å². The number of aliphatic hydroxyl groups excluding tert-OH is 2. The average Bonchev–Trinajstić information content (AvgIpc) is 1.73. The van der Waals surface area contributed by atoms with Crippen LogP contribution in [0.4, 0.5) is 85.8 Å². The van der Waals surface area contributed by atoms with Gasteiger partial charge in [0, 0.05) is 120 Å². The summed E-state index contributed by atoms with van der Waals surface area (Å²) < 4.78 is 51.1. The van der Waals surface area contributed by atoms with Crippen LogP contribution in [0.15, 0.2) is 128 Å². The van der Waals surface area contributed by atoms with E-state index in [1.165, 1.54) is 34.2 Å². The summed E-state index contributed by atoms with van der Waals surface area (Å²) in [6.07, 6.45) is 15.2. The summed E-state index contributed by atoms with van der Waals surface area (Å²) in [6.45, 7) is 8.08. The molecule has 9 aliphatic rings. The largest absolute Gasteiger partial charge is 0.426 e. The predicted molar refractivity (Wildman–Crippen MR) is 479 cm³/mol. The van der Waals surface area contributed by atoms with Crippen LogP contribution in [0, 0.1) is 6.08 Å². The van der Waals surface area contributed by atoms with E-state index >= 15 is 0 Å². The van der Waals surface area contributed by atoms with E-state index in [0.717, 1.165) is 121 Å². The predicted octanol–water partition coefficient (Wildman–Crippen LogP) is 5.18. The molecule has 0 bridgehead atoms. The number of carbonyl (C=O) groups is 4. The minimum atomic E-state index is -0.734. The number of nitrogens with zero attached hydrogens (tertiary/aromatic N) is 21. The minimum absolute atomic E-state index is 0.0356. The van der Waals surface area contributed by atoms with Gasteiger partial charge in [0.1, 0.15) is 109 Å². The quantitative estimate of drug-likeness (QED) is 0.0346. The molecule has 9 fully saturated rings. The Morgan fingerprint density at radius 1 is 0.450 bits per heavy atom. The third-order valence-corrected chi connectivity index (χ3v) is 24.1. The van der Waals surface area contributed by atoms with E-state index in [-0.39, 0.29) is 72.1 Å². The number of aliphatic hydroxyl groups is 2. The van der Waals surface area contributed by atoms with E-state index in [0.29, 0.717) is 147 Å². The Balaban J connectivity index is 0.000000113. The van der Waals surface area contributed by atoms with Crippen molar-refractivity contribution in [2.45, 2.75) is 118 Å². The molecule has 2 spiro atoms. The molecule has 19 heterocycles. The van der Waals surface area contributed by atoms with Crippen LogP contribution in [0.2, 0.25) is 0 Å². The van der Waals surface area contributed by atoms with E-state index in [1.54, 1.807) is 82.8 Å². The second-order valence-corrected chi connectivity index (χ2v) is 33.5. The van der Waals surface area contributed by atoms with Crippen molar-refractivity contribution in [3.63, 3.8) is 0 Å². The minimum Gasteiger partial charge on any atom is -0.391 e. The fourth-order valence-corrected chi connectivity index (χ4v) is 16.4. The summed E-state index contributed by atoms with van der Waals surface area (Å²) in [7, 11) is 8.75. The molecule has 0 unspecified atom stereocenters. The molecular formula is C86H101FN33O11+. The van der Waals surface area contributed by atoms with Gasteiger partial charge in [-0.25, -0.2) is 34.9 Å². The molecule has 6 aliphatic heterocycles. The number of anilines is 14. The Bertz CT molecular complexity index is 6390. The van der Waals surface area contributed by atoms with Gasteiger partial charge in [0.05, 0.1) is 115 Å². The zero-order valence-electron chi connectivity index (χ0n) is 72.6. The van der Waals surface area contributed by atoms with Crippen LogP contribution >= 0.6 is 0 Å². The molecule has 3 aliphatic carbocycles. The SMILES string of the molecule is CNc1cc(Nc2cccc(-[n+]3cn(C)nc3F)n2)nc2c(C(=O)NC3CC3)cnn12.CNc1cc(Nc2cccc(N3CC4(CCO4)C3)n2)nc2c(C(=O)N[C@H]3CC[C@H]3O)cnn12.CNc1cc(Nc2cccc(N3CCO[C@]4(CCOC4)C3)n2)nc2c(C(=O)NC3CC3)cnn12.CNc1cc(Nc2cccc([C@H]3CCCOC3)n2)nc2c(C(=O)N[C@@H]3COC[C@@H]3O)cnn12. The molecule has 682 valence electrons. The summed E-state index contributed by atoms with van der Waals surface area (Å²) in [5, 5.41) is 77.6. The number of morpholine rings is 1.